The minimum atomic E-state index is -4.02. The lowest BCUT2D eigenvalue weighted by Gasteiger charge is -2.14. The molecule has 0 saturated carbocycles. The van der Waals surface area contributed by atoms with Crippen LogP contribution in [0.4, 0.5) is 8.78 Å². The number of aliphatic hydroxyl groups excluding tert-OH is 1. The minimum absolute atomic E-state index is 0.171. The summed E-state index contributed by atoms with van der Waals surface area (Å²) in [5.74, 6) is -3.49. The minimum Gasteiger partial charge on any atom is -0.390 e. The lowest BCUT2D eigenvalue weighted by atomic mass is 10.4. The van der Waals surface area contributed by atoms with Crippen molar-refractivity contribution < 1.29 is 22.3 Å². The van der Waals surface area contributed by atoms with Crippen molar-refractivity contribution in [3.63, 3.8) is 0 Å². The van der Waals surface area contributed by atoms with Crippen LogP contribution in [0.5, 0.6) is 0 Å². The van der Waals surface area contributed by atoms with E-state index in [0.717, 1.165) is 0 Å². The molecule has 0 unspecified atom stereocenters. The van der Waals surface area contributed by atoms with Gasteiger partial charge in [-0.1, -0.05) is 11.6 Å². The predicted octanol–water partition coefficient (Wildman–Crippen LogP) is 1.25. The number of rotatable bonds is 5. The quantitative estimate of drug-likeness (QED) is 0.855. The van der Waals surface area contributed by atoms with E-state index in [1.54, 1.807) is 4.72 Å². The summed E-state index contributed by atoms with van der Waals surface area (Å²) in [6, 6.07) is 5.06. The van der Waals surface area contributed by atoms with Crippen LogP contribution < -0.4 is 4.72 Å². The van der Waals surface area contributed by atoms with E-state index in [4.69, 9.17) is 16.7 Å². The zero-order valence-corrected chi connectivity index (χ0v) is 10.1. The van der Waals surface area contributed by atoms with Crippen molar-refractivity contribution in [3.05, 3.63) is 29.3 Å². The van der Waals surface area contributed by atoms with Gasteiger partial charge in [-0.25, -0.2) is 21.9 Å². The Morgan fingerprint density at radius 1 is 1.29 bits per heavy atom. The van der Waals surface area contributed by atoms with Gasteiger partial charge in [0.05, 0.1) is 11.4 Å². The summed E-state index contributed by atoms with van der Waals surface area (Å²) in [5, 5.41) is 8.63. The van der Waals surface area contributed by atoms with Crippen LogP contribution in [0, 0.1) is 0 Å². The second-order valence-corrected chi connectivity index (χ2v) is 5.50. The van der Waals surface area contributed by atoms with Crippen LogP contribution in [0.2, 0.25) is 5.02 Å². The molecule has 1 aromatic rings. The van der Waals surface area contributed by atoms with Crippen LogP contribution in [0.25, 0.3) is 0 Å². The van der Waals surface area contributed by atoms with Crippen LogP contribution in [-0.4, -0.2) is 32.6 Å². The second-order valence-electron chi connectivity index (χ2n) is 3.29. The van der Waals surface area contributed by atoms with E-state index in [2.05, 4.69) is 0 Å². The molecule has 1 rings (SSSR count). The molecule has 17 heavy (non-hydrogen) atoms. The highest BCUT2D eigenvalue weighted by molar-refractivity contribution is 7.89. The Labute approximate surface area is 102 Å². The van der Waals surface area contributed by atoms with Gasteiger partial charge in [-0.15, -0.1) is 0 Å². The van der Waals surface area contributed by atoms with Gasteiger partial charge in [-0.2, -0.15) is 0 Å². The van der Waals surface area contributed by atoms with Crippen LogP contribution in [0.3, 0.4) is 0 Å². The first-order valence-corrected chi connectivity index (χ1v) is 6.37. The summed E-state index contributed by atoms with van der Waals surface area (Å²) in [7, 11) is -4.02. The molecule has 0 saturated heterocycles. The Morgan fingerprint density at radius 3 is 2.29 bits per heavy atom. The number of aliphatic hydroxyl groups is 1. The van der Waals surface area contributed by atoms with Gasteiger partial charge in [0.15, 0.2) is 0 Å². The van der Waals surface area contributed by atoms with Gasteiger partial charge >= 0.3 is 0 Å². The van der Waals surface area contributed by atoms with Gasteiger partial charge in [-0.3, -0.25) is 0 Å². The van der Waals surface area contributed by atoms with Crippen molar-refractivity contribution in [2.45, 2.75) is 10.8 Å². The number of hydrogen-bond acceptors (Lipinski definition) is 3. The SMILES string of the molecule is O=S(=O)(NCC(F)(F)CO)c1ccc(Cl)cc1. The Kier molecular flexibility index (Phi) is 4.42. The topological polar surface area (TPSA) is 66.4 Å². The van der Waals surface area contributed by atoms with Crippen molar-refractivity contribution in [1.29, 1.82) is 0 Å². The van der Waals surface area contributed by atoms with Crippen LogP contribution in [0.1, 0.15) is 0 Å². The number of benzene rings is 1. The molecule has 1 aromatic carbocycles. The fraction of sp³-hybridized carbons (Fsp3) is 0.333. The highest BCUT2D eigenvalue weighted by Crippen LogP contribution is 2.15. The number of hydrogen-bond donors (Lipinski definition) is 2. The van der Waals surface area contributed by atoms with Gasteiger partial charge in [0, 0.05) is 5.02 Å². The number of halogens is 3. The molecule has 0 heterocycles. The first kappa shape index (κ1) is 14.3. The molecule has 96 valence electrons. The van der Waals surface area contributed by atoms with Crippen molar-refractivity contribution >= 4 is 21.6 Å². The average molecular weight is 286 g/mol. The van der Waals surface area contributed by atoms with Crippen LogP contribution in [-0.2, 0) is 10.0 Å². The van der Waals surface area contributed by atoms with E-state index >= 15 is 0 Å². The van der Waals surface area contributed by atoms with E-state index < -0.39 is 29.1 Å². The lowest BCUT2D eigenvalue weighted by Crippen LogP contribution is -2.38. The largest absolute Gasteiger partial charge is 0.390 e. The molecule has 0 bridgehead atoms. The van der Waals surface area contributed by atoms with Gasteiger partial charge in [0.1, 0.15) is 6.61 Å². The van der Waals surface area contributed by atoms with Gasteiger partial charge < -0.3 is 5.11 Å². The van der Waals surface area contributed by atoms with Crippen molar-refractivity contribution in [2.75, 3.05) is 13.2 Å². The van der Waals surface area contributed by atoms with E-state index in [0.29, 0.717) is 5.02 Å². The monoisotopic (exact) mass is 285 g/mol. The van der Waals surface area contributed by atoms with Gasteiger partial charge in [0.2, 0.25) is 10.0 Å². The predicted molar refractivity (Wildman–Crippen MR) is 58.7 cm³/mol. The average Bonchev–Trinajstić information content (AvgIpc) is 2.27. The molecule has 0 aromatic heterocycles. The summed E-state index contributed by atoms with van der Waals surface area (Å²) in [5.41, 5.74) is 0. The number of sulfonamides is 1. The first-order chi connectivity index (χ1) is 7.77. The Bertz CT molecular complexity index is 476. The van der Waals surface area contributed by atoms with E-state index in [1.807, 2.05) is 0 Å². The molecule has 0 aliphatic rings. The third-order valence-corrected chi connectivity index (χ3v) is 3.55. The van der Waals surface area contributed by atoms with Gasteiger partial charge in [-0.05, 0) is 24.3 Å². The highest BCUT2D eigenvalue weighted by Gasteiger charge is 2.30. The normalized spacial score (nSPS) is 12.7. The number of nitrogens with one attached hydrogen (secondary N) is 1. The highest BCUT2D eigenvalue weighted by atomic mass is 35.5. The molecular weight excluding hydrogens is 276 g/mol. The molecule has 2 N–H and O–H groups in total. The molecule has 0 aliphatic carbocycles. The van der Waals surface area contributed by atoms with Gasteiger partial charge in [0.25, 0.3) is 5.92 Å². The van der Waals surface area contributed by atoms with Crippen LogP contribution in [0.15, 0.2) is 29.2 Å². The third-order valence-electron chi connectivity index (χ3n) is 1.88. The van der Waals surface area contributed by atoms with E-state index in [9.17, 15) is 17.2 Å². The maximum Gasteiger partial charge on any atom is 0.283 e. The fourth-order valence-corrected chi connectivity index (χ4v) is 2.14. The van der Waals surface area contributed by atoms with E-state index in [1.165, 1.54) is 24.3 Å². The molecule has 4 nitrogen and oxygen atoms in total. The van der Waals surface area contributed by atoms with Crippen molar-refractivity contribution in [1.82, 2.24) is 4.72 Å². The van der Waals surface area contributed by atoms with Crippen molar-refractivity contribution in [3.8, 4) is 0 Å². The van der Waals surface area contributed by atoms with Crippen LogP contribution >= 0.6 is 11.6 Å². The second kappa shape index (κ2) is 5.26. The summed E-state index contributed by atoms with van der Waals surface area (Å²) in [6.07, 6.45) is 0. The summed E-state index contributed by atoms with van der Waals surface area (Å²) < 4.78 is 50.1. The third kappa shape index (κ3) is 4.19. The maximum atomic E-state index is 12.7. The summed E-state index contributed by atoms with van der Waals surface area (Å²) in [6.45, 7) is -2.58. The maximum absolute atomic E-state index is 12.7. The smallest absolute Gasteiger partial charge is 0.283 e. The number of alkyl halides is 2. The molecule has 0 atom stereocenters. The molecule has 0 spiro atoms. The summed E-state index contributed by atoms with van der Waals surface area (Å²) >= 11 is 5.57. The van der Waals surface area contributed by atoms with E-state index in [-0.39, 0.29) is 4.90 Å². The molecule has 0 radical (unpaired) electrons. The Hall–Kier alpha value is -0.760. The van der Waals surface area contributed by atoms with Crippen molar-refractivity contribution in [2.24, 2.45) is 0 Å². The fourth-order valence-electron chi connectivity index (χ4n) is 0.954. The first-order valence-electron chi connectivity index (χ1n) is 4.51. The zero-order chi connectivity index (χ0) is 13.1. The molecule has 0 fully saturated rings. The Morgan fingerprint density at radius 2 is 1.82 bits per heavy atom. The molecular formula is C9H10ClF2NO3S. The standard InChI is InChI=1S/C9H10ClF2NO3S/c10-7-1-3-8(4-2-7)17(15,16)13-5-9(11,12)6-14/h1-4,13-14H,5-6H2. The zero-order valence-electron chi connectivity index (χ0n) is 8.53. The molecule has 8 heteroatoms. The molecule has 0 aliphatic heterocycles. The molecule has 0 amide bonds. The Balaban J connectivity index is 2.79. The lowest BCUT2D eigenvalue weighted by molar-refractivity contribution is -0.0437. The summed E-state index contributed by atoms with van der Waals surface area (Å²) in [4.78, 5) is -0.171.